The lowest BCUT2D eigenvalue weighted by Gasteiger charge is -2.44. The molecule has 0 saturated heterocycles. The van der Waals surface area contributed by atoms with Gasteiger partial charge in [0.25, 0.3) is 0 Å². The highest BCUT2D eigenvalue weighted by molar-refractivity contribution is 5.99. The molecule has 0 radical (unpaired) electrons. The summed E-state index contributed by atoms with van der Waals surface area (Å²) in [6.07, 6.45) is 1.01. The summed E-state index contributed by atoms with van der Waals surface area (Å²) in [7, 11) is 0. The minimum atomic E-state index is -0.538. The summed E-state index contributed by atoms with van der Waals surface area (Å²) in [5.41, 5.74) is 25.5. The molecule has 1 spiro atoms. The predicted octanol–water partition coefficient (Wildman–Crippen LogP) is 17.2. The van der Waals surface area contributed by atoms with Crippen molar-refractivity contribution in [3.8, 4) is 22.3 Å². The maximum Gasteiger partial charge on any atom is 0.0727 e. The number of anilines is 6. The third kappa shape index (κ3) is 5.36. The van der Waals surface area contributed by atoms with Crippen LogP contribution < -0.4 is 9.80 Å². The van der Waals surface area contributed by atoms with Gasteiger partial charge in [-0.1, -0.05) is 191 Å². The molecule has 2 heteroatoms. The topological polar surface area (TPSA) is 6.48 Å². The Morgan fingerprint density at radius 1 is 0.364 bits per heavy atom. The number of benzene rings is 8. The van der Waals surface area contributed by atoms with Crippen LogP contribution in [0.2, 0.25) is 0 Å². The zero-order chi connectivity index (χ0) is 45.7. The fourth-order valence-electron chi connectivity index (χ4n) is 12.6. The number of nitrogens with zero attached hydrogens (tertiary/aromatic N) is 2. The molecule has 2 heterocycles. The van der Waals surface area contributed by atoms with Crippen LogP contribution >= 0.6 is 0 Å². The second-order valence-corrected chi connectivity index (χ2v) is 22.3. The SMILES string of the molecule is CCC1(C)c2ccccc2N(c2ccc3c(c2)C2(c4ccccc4-c4ccccc42)c2cc(N4c5ccccc5C(C)(C)c5cc(C(C)(C)C)ccc54)ccc2-3)c2ccc(C(C)(C)C)cc21. The van der Waals surface area contributed by atoms with Crippen LogP contribution in [0.3, 0.4) is 0 Å². The van der Waals surface area contributed by atoms with Gasteiger partial charge in [0.05, 0.1) is 28.2 Å². The zero-order valence-corrected chi connectivity index (χ0v) is 40.3. The Labute approximate surface area is 392 Å². The van der Waals surface area contributed by atoms with Crippen LogP contribution in [0.1, 0.15) is 131 Å². The highest BCUT2D eigenvalue weighted by Crippen LogP contribution is 2.65. The van der Waals surface area contributed by atoms with Gasteiger partial charge in [-0.2, -0.15) is 0 Å². The molecule has 0 amide bonds. The molecule has 0 saturated carbocycles. The molecular formula is C64H60N2. The maximum atomic E-state index is 2.57. The molecule has 8 aromatic carbocycles. The first-order valence-electron chi connectivity index (χ1n) is 24.2. The van der Waals surface area contributed by atoms with E-state index in [1.165, 1.54) is 112 Å². The van der Waals surface area contributed by atoms with Crippen molar-refractivity contribution in [3.63, 3.8) is 0 Å². The van der Waals surface area contributed by atoms with Crippen LogP contribution in [0, 0.1) is 0 Å². The molecule has 66 heavy (non-hydrogen) atoms. The van der Waals surface area contributed by atoms with Crippen LogP contribution in [0.15, 0.2) is 170 Å². The fourth-order valence-corrected chi connectivity index (χ4v) is 12.6. The van der Waals surface area contributed by atoms with Crippen LogP contribution in [0.5, 0.6) is 0 Å². The number of rotatable bonds is 3. The van der Waals surface area contributed by atoms with Gasteiger partial charge >= 0.3 is 0 Å². The summed E-state index contributed by atoms with van der Waals surface area (Å²) in [5, 5.41) is 0. The first-order valence-corrected chi connectivity index (χ1v) is 24.2. The van der Waals surface area contributed by atoms with Crippen molar-refractivity contribution in [3.05, 3.63) is 225 Å². The Morgan fingerprint density at radius 3 is 1.26 bits per heavy atom. The molecule has 12 rings (SSSR count). The van der Waals surface area contributed by atoms with E-state index < -0.39 is 5.41 Å². The van der Waals surface area contributed by atoms with Crippen molar-refractivity contribution >= 4 is 34.1 Å². The Bertz CT molecular complexity index is 3290. The van der Waals surface area contributed by atoms with E-state index in [2.05, 4.69) is 249 Å². The van der Waals surface area contributed by atoms with Crippen LogP contribution in [-0.4, -0.2) is 0 Å². The summed E-state index contributed by atoms with van der Waals surface area (Å²) in [5.74, 6) is 0. The van der Waals surface area contributed by atoms with Crippen molar-refractivity contribution in [2.45, 2.75) is 103 Å². The van der Waals surface area contributed by atoms with Crippen molar-refractivity contribution in [2.75, 3.05) is 9.80 Å². The van der Waals surface area contributed by atoms with E-state index in [0.29, 0.717) is 0 Å². The number of para-hydroxylation sites is 2. The largest absolute Gasteiger partial charge is 0.310 e. The molecule has 326 valence electrons. The molecule has 2 aliphatic carbocycles. The van der Waals surface area contributed by atoms with Gasteiger partial charge in [0.1, 0.15) is 0 Å². The summed E-state index contributed by atoms with van der Waals surface area (Å²) >= 11 is 0. The third-order valence-corrected chi connectivity index (χ3v) is 16.3. The lowest BCUT2D eigenvalue weighted by molar-refractivity contribution is 0.537. The van der Waals surface area contributed by atoms with Crippen LogP contribution in [0.25, 0.3) is 22.3 Å². The molecule has 1 unspecified atom stereocenters. The molecular weight excluding hydrogens is 797 g/mol. The van der Waals surface area contributed by atoms with Gasteiger partial charge in [0.2, 0.25) is 0 Å². The van der Waals surface area contributed by atoms with Gasteiger partial charge in [-0.3, -0.25) is 0 Å². The standard InChI is InChI=1S/C64H60N2/c1-11-63(10)51-25-17-19-27-57(51)66(59-35-29-41(37-55(59)63)61(5,6)7)43-31-33-47-46-32-30-42(38-52(46)64(53(47)39-43)48-22-14-12-20-44(48)45-21-13-15-23-49(45)64)65-56-26-18-16-24-50(56)62(8,9)54-36-40(60(2,3)4)28-34-58(54)65/h12-39H,11H2,1-10H3. The summed E-state index contributed by atoms with van der Waals surface area (Å²) in [6, 6.07) is 65.9. The zero-order valence-electron chi connectivity index (χ0n) is 40.3. The van der Waals surface area contributed by atoms with Crippen molar-refractivity contribution in [1.82, 2.24) is 0 Å². The smallest absolute Gasteiger partial charge is 0.0727 e. The van der Waals surface area contributed by atoms with E-state index in [1.54, 1.807) is 0 Å². The van der Waals surface area contributed by atoms with Gasteiger partial charge in [-0.15, -0.1) is 0 Å². The summed E-state index contributed by atoms with van der Waals surface area (Å²) < 4.78 is 0. The van der Waals surface area contributed by atoms with Crippen LogP contribution in [-0.2, 0) is 27.1 Å². The molecule has 0 aromatic heterocycles. The lowest BCUT2D eigenvalue weighted by Crippen LogP contribution is -2.33. The minimum Gasteiger partial charge on any atom is -0.310 e. The van der Waals surface area contributed by atoms with E-state index in [4.69, 9.17) is 0 Å². The molecule has 2 nitrogen and oxygen atoms in total. The van der Waals surface area contributed by atoms with Gasteiger partial charge in [0, 0.05) is 22.2 Å². The molecule has 0 fully saturated rings. The summed E-state index contributed by atoms with van der Waals surface area (Å²) in [4.78, 5) is 5.12. The number of fused-ring (bicyclic) bond motifs is 14. The molecule has 0 bridgehead atoms. The summed E-state index contributed by atoms with van der Waals surface area (Å²) in [6.45, 7) is 23.6. The highest BCUT2D eigenvalue weighted by atomic mass is 15.2. The first-order chi connectivity index (χ1) is 31.6. The van der Waals surface area contributed by atoms with Gasteiger partial charge in [-0.25, -0.2) is 0 Å². The second-order valence-electron chi connectivity index (χ2n) is 22.3. The molecule has 2 aliphatic heterocycles. The van der Waals surface area contributed by atoms with Crippen molar-refractivity contribution < 1.29 is 0 Å². The van der Waals surface area contributed by atoms with E-state index in [9.17, 15) is 0 Å². The van der Waals surface area contributed by atoms with Crippen molar-refractivity contribution in [1.29, 1.82) is 0 Å². The number of hydrogen-bond acceptors (Lipinski definition) is 2. The average molecular weight is 857 g/mol. The minimum absolute atomic E-state index is 0.0310. The van der Waals surface area contributed by atoms with Crippen LogP contribution in [0.4, 0.5) is 34.1 Å². The second kappa shape index (κ2) is 13.7. The maximum absolute atomic E-state index is 2.57. The fraction of sp³-hybridized carbons (Fsp3) is 0.250. The van der Waals surface area contributed by atoms with Crippen molar-refractivity contribution in [2.24, 2.45) is 0 Å². The molecule has 8 aromatic rings. The third-order valence-electron chi connectivity index (χ3n) is 16.3. The van der Waals surface area contributed by atoms with Gasteiger partial charge < -0.3 is 9.80 Å². The predicted molar refractivity (Wildman–Crippen MR) is 278 cm³/mol. The average Bonchev–Trinajstić information content (AvgIpc) is 3.78. The highest BCUT2D eigenvalue weighted by Gasteiger charge is 2.53. The van der Waals surface area contributed by atoms with E-state index in [-0.39, 0.29) is 21.7 Å². The van der Waals surface area contributed by atoms with E-state index in [1.807, 2.05) is 0 Å². The number of hydrogen-bond donors (Lipinski definition) is 0. The van der Waals surface area contributed by atoms with Gasteiger partial charge in [0.15, 0.2) is 0 Å². The first kappa shape index (κ1) is 40.8. The normalized spacial score (nSPS) is 17.8. The lowest BCUT2D eigenvalue weighted by atomic mass is 9.68. The monoisotopic (exact) mass is 856 g/mol. The Balaban J connectivity index is 1.12. The van der Waals surface area contributed by atoms with Gasteiger partial charge in [-0.05, 0) is 144 Å². The molecule has 0 N–H and O–H groups in total. The Kier molecular flexibility index (Phi) is 8.48. The van der Waals surface area contributed by atoms with E-state index >= 15 is 0 Å². The Morgan fingerprint density at radius 2 is 0.758 bits per heavy atom. The quantitative estimate of drug-likeness (QED) is 0.175. The Hall–Kier alpha value is -6.64. The molecule has 1 atom stereocenters. The van der Waals surface area contributed by atoms with E-state index in [0.717, 1.165) is 6.42 Å². The molecule has 4 aliphatic rings.